The smallest absolute Gasteiger partial charge is 0.211 e. The standard InChI is InChI=1S/C21H25ClN2O3/c1-6-20(4)15(22)10-14-19(2,3)12-8-7-9-13(24-11-25)16(12)17(26)21(14,27)18(20)23-5/h6-9,11,14-15,18,27H,1,5,10H2,2-4H3,(H,24,25). The minimum atomic E-state index is -1.80. The van der Waals surface area contributed by atoms with Gasteiger partial charge in [-0.2, -0.15) is 0 Å². The van der Waals surface area contributed by atoms with Crippen molar-refractivity contribution in [3.63, 3.8) is 0 Å². The Kier molecular flexibility index (Phi) is 4.60. The van der Waals surface area contributed by atoms with E-state index in [9.17, 15) is 14.7 Å². The summed E-state index contributed by atoms with van der Waals surface area (Å²) in [6, 6.07) is 4.46. The number of nitrogens with one attached hydrogen (secondary N) is 1. The second-order valence-electron chi connectivity index (χ2n) is 8.28. The van der Waals surface area contributed by atoms with Crippen molar-refractivity contribution in [3.05, 3.63) is 42.0 Å². The van der Waals surface area contributed by atoms with E-state index in [-0.39, 0.29) is 5.38 Å². The molecule has 0 aromatic heterocycles. The maximum Gasteiger partial charge on any atom is 0.211 e. The number of halogens is 1. The third-order valence-corrected chi connectivity index (χ3v) is 7.36. The summed E-state index contributed by atoms with van der Waals surface area (Å²) >= 11 is 6.72. The third kappa shape index (κ3) is 2.38. The van der Waals surface area contributed by atoms with Gasteiger partial charge in [-0.1, -0.05) is 39.0 Å². The zero-order valence-electron chi connectivity index (χ0n) is 15.8. The summed E-state index contributed by atoms with van der Waals surface area (Å²) in [5.74, 6) is -0.914. The van der Waals surface area contributed by atoms with Crippen LogP contribution in [0.15, 0.2) is 35.8 Å². The molecule has 5 unspecified atom stereocenters. The molecule has 5 nitrogen and oxygen atoms in total. The van der Waals surface area contributed by atoms with Crippen molar-refractivity contribution < 1.29 is 14.7 Å². The summed E-state index contributed by atoms with van der Waals surface area (Å²) in [7, 11) is 0. The maximum absolute atomic E-state index is 13.7. The molecule has 3 rings (SSSR count). The Labute approximate surface area is 164 Å². The Morgan fingerprint density at radius 2 is 2.04 bits per heavy atom. The van der Waals surface area contributed by atoms with E-state index in [0.29, 0.717) is 24.1 Å². The quantitative estimate of drug-likeness (QED) is 0.359. The number of nitrogens with zero attached hydrogens (tertiary/aromatic N) is 1. The summed E-state index contributed by atoms with van der Waals surface area (Å²) in [5, 5.41) is 14.1. The molecule has 2 N–H and O–H groups in total. The molecule has 1 amide bonds. The highest BCUT2D eigenvalue weighted by Crippen LogP contribution is 2.59. The maximum atomic E-state index is 13.7. The fraction of sp³-hybridized carbons (Fsp3) is 0.476. The van der Waals surface area contributed by atoms with Crippen LogP contribution in [0.3, 0.4) is 0 Å². The van der Waals surface area contributed by atoms with Crippen LogP contribution in [-0.4, -0.2) is 41.0 Å². The minimum Gasteiger partial charge on any atom is -0.379 e. The lowest BCUT2D eigenvalue weighted by Gasteiger charge is -2.59. The van der Waals surface area contributed by atoms with Crippen LogP contribution in [0.5, 0.6) is 0 Å². The first kappa shape index (κ1) is 19.8. The lowest BCUT2D eigenvalue weighted by molar-refractivity contribution is -0.105. The molecule has 0 spiro atoms. The Bertz CT molecular complexity index is 837. The van der Waals surface area contributed by atoms with E-state index in [4.69, 9.17) is 11.6 Å². The SMILES string of the molecule is C=CC1(C)C(Cl)CC2C(C)(C)c3cccc(NC=O)c3C(=O)C2(O)C1N=C. The number of Topliss-reactive ketones (excluding diaryl/α,β-unsaturated/α-hetero) is 1. The van der Waals surface area contributed by atoms with E-state index < -0.39 is 34.2 Å². The van der Waals surface area contributed by atoms with E-state index in [1.54, 1.807) is 18.2 Å². The van der Waals surface area contributed by atoms with Gasteiger partial charge in [-0.25, -0.2) is 0 Å². The summed E-state index contributed by atoms with van der Waals surface area (Å²) in [4.78, 5) is 28.9. The number of ketones is 1. The van der Waals surface area contributed by atoms with Crippen molar-refractivity contribution >= 4 is 36.2 Å². The van der Waals surface area contributed by atoms with Gasteiger partial charge in [-0.3, -0.25) is 14.6 Å². The summed E-state index contributed by atoms with van der Waals surface area (Å²) in [5.41, 5.74) is -1.69. The first-order valence-electron chi connectivity index (χ1n) is 8.95. The number of aliphatic hydroxyl groups is 1. The van der Waals surface area contributed by atoms with Crippen LogP contribution in [-0.2, 0) is 10.2 Å². The number of amides is 1. The van der Waals surface area contributed by atoms with Gasteiger partial charge in [0.1, 0.15) is 0 Å². The normalized spacial score (nSPS) is 36.9. The van der Waals surface area contributed by atoms with Crippen molar-refractivity contribution in [2.75, 3.05) is 5.32 Å². The van der Waals surface area contributed by atoms with Crippen molar-refractivity contribution in [3.8, 4) is 0 Å². The number of benzene rings is 1. The van der Waals surface area contributed by atoms with Gasteiger partial charge >= 0.3 is 0 Å². The van der Waals surface area contributed by atoms with E-state index in [0.717, 1.165) is 5.56 Å². The molecule has 1 aromatic carbocycles. The van der Waals surface area contributed by atoms with E-state index in [2.05, 4.69) is 23.6 Å². The molecule has 6 heteroatoms. The van der Waals surface area contributed by atoms with Gasteiger partial charge in [0.2, 0.25) is 6.41 Å². The minimum absolute atomic E-state index is 0.321. The van der Waals surface area contributed by atoms with Crippen LogP contribution in [0.1, 0.15) is 43.1 Å². The molecule has 0 heterocycles. The van der Waals surface area contributed by atoms with Crippen LogP contribution < -0.4 is 5.32 Å². The molecule has 2 aliphatic carbocycles. The fourth-order valence-corrected chi connectivity index (χ4v) is 5.47. The first-order chi connectivity index (χ1) is 12.6. The fourth-order valence-electron chi connectivity index (χ4n) is 5.08. The number of carbonyl (C=O) groups excluding carboxylic acids is 2. The molecule has 1 aromatic rings. The molecular weight excluding hydrogens is 364 g/mol. The summed E-state index contributed by atoms with van der Waals surface area (Å²) in [6.07, 6.45) is 2.61. The lowest BCUT2D eigenvalue weighted by Crippen LogP contribution is -2.70. The molecule has 27 heavy (non-hydrogen) atoms. The van der Waals surface area contributed by atoms with E-state index in [1.165, 1.54) is 0 Å². The average molecular weight is 389 g/mol. The summed E-state index contributed by atoms with van der Waals surface area (Å²) in [6.45, 7) is 13.3. The zero-order valence-corrected chi connectivity index (χ0v) is 16.6. The average Bonchev–Trinajstić information content (AvgIpc) is 2.63. The zero-order chi connectivity index (χ0) is 20.2. The molecule has 144 valence electrons. The predicted molar refractivity (Wildman–Crippen MR) is 108 cm³/mol. The Balaban J connectivity index is 2.34. The molecule has 2 aliphatic rings. The van der Waals surface area contributed by atoms with Gasteiger partial charge in [0.05, 0.1) is 11.7 Å². The van der Waals surface area contributed by atoms with Gasteiger partial charge in [0, 0.05) is 22.3 Å². The van der Waals surface area contributed by atoms with Crippen molar-refractivity contribution in [2.24, 2.45) is 16.3 Å². The highest BCUT2D eigenvalue weighted by molar-refractivity contribution is 6.22. The lowest BCUT2D eigenvalue weighted by atomic mass is 9.48. The second-order valence-corrected chi connectivity index (χ2v) is 8.80. The number of aliphatic imine (C=N–C) groups is 1. The Hall–Kier alpha value is -1.98. The van der Waals surface area contributed by atoms with Crippen LogP contribution >= 0.6 is 11.6 Å². The largest absolute Gasteiger partial charge is 0.379 e. The van der Waals surface area contributed by atoms with Gasteiger partial charge in [0.15, 0.2) is 11.4 Å². The van der Waals surface area contributed by atoms with Gasteiger partial charge < -0.3 is 10.4 Å². The van der Waals surface area contributed by atoms with Crippen molar-refractivity contribution in [2.45, 2.75) is 49.6 Å². The Morgan fingerprint density at radius 3 is 2.59 bits per heavy atom. The number of anilines is 1. The topological polar surface area (TPSA) is 78.8 Å². The van der Waals surface area contributed by atoms with Gasteiger partial charge in [-0.15, -0.1) is 18.2 Å². The van der Waals surface area contributed by atoms with Gasteiger partial charge in [-0.05, 0) is 30.2 Å². The van der Waals surface area contributed by atoms with Crippen molar-refractivity contribution in [1.29, 1.82) is 0 Å². The molecule has 0 aliphatic heterocycles. The van der Waals surface area contributed by atoms with Crippen LogP contribution in [0.2, 0.25) is 0 Å². The highest BCUT2D eigenvalue weighted by atomic mass is 35.5. The van der Waals surface area contributed by atoms with E-state index >= 15 is 0 Å². The number of fused-ring (bicyclic) bond motifs is 2. The molecule has 0 saturated heterocycles. The molecule has 1 fully saturated rings. The number of alkyl halides is 1. The van der Waals surface area contributed by atoms with Crippen LogP contribution in [0.4, 0.5) is 5.69 Å². The highest BCUT2D eigenvalue weighted by Gasteiger charge is 2.67. The third-order valence-electron chi connectivity index (χ3n) is 6.71. The van der Waals surface area contributed by atoms with Crippen LogP contribution in [0.25, 0.3) is 0 Å². The first-order valence-corrected chi connectivity index (χ1v) is 9.38. The molecule has 0 radical (unpaired) electrons. The van der Waals surface area contributed by atoms with Crippen LogP contribution in [0, 0.1) is 11.3 Å². The Morgan fingerprint density at radius 1 is 1.37 bits per heavy atom. The molecule has 1 saturated carbocycles. The number of hydrogen-bond donors (Lipinski definition) is 2. The van der Waals surface area contributed by atoms with E-state index in [1.807, 2.05) is 26.8 Å². The molecule has 0 bridgehead atoms. The summed E-state index contributed by atoms with van der Waals surface area (Å²) < 4.78 is 0. The second kappa shape index (κ2) is 6.28. The number of carbonyl (C=O) groups is 2. The number of hydrogen-bond acceptors (Lipinski definition) is 4. The molecular formula is C21H25ClN2O3. The number of rotatable bonds is 4. The van der Waals surface area contributed by atoms with Gasteiger partial charge in [0.25, 0.3) is 0 Å². The van der Waals surface area contributed by atoms with Crippen molar-refractivity contribution in [1.82, 2.24) is 0 Å². The molecule has 5 atom stereocenters. The monoisotopic (exact) mass is 388 g/mol. The predicted octanol–water partition coefficient (Wildman–Crippen LogP) is 3.35.